The van der Waals surface area contributed by atoms with Gasteiger partial charge < -0.3 is 9.53 Å². The smallest absolute Gasteiger partial charge is 0.328 e. The van der Waals surface area contributed by atoms with Gasteiger partial charge in [0.1, 0.15) is 5.75 Å². The topological polar surface area (TPSA) is 46.5 Å². The number of hydrogen-bond donors (Lipinski definition) is 1. The normalized spacial score (nSPS) is 12.3. The molecule has 0 fully saturated rings. The van der Waals surface area contributed by atoms with Crippen LogP contribution in [-0.4, -0.2) is 21.6 Å². The molecule has 0 amide bonds. The van der Waals surface area contributed by atoms with Crippen LogP contribution in [0.3, 0.4) is 0 Å². The van der Waals surface area contributed by atoms with E-state index in [2.05, 4.69) is 41.5 Å². The molecule has 0 unspecified atom stereocenters. The molecule has 0 atom stereocenters. The Kier molecular flexibility index (Phi) is 5.40. The maximum Gasteiger partial charge on any atom is 0.328 e. The van der Waals surface area contributed by atoms with E-state index in [0.717, 1.165) is 23.0 Å². The van der Waals surface area contributed by atoms with Gasteiger partial charge in [-0.15, -0.1) is 0 Å². The molecule has 4 heteroatoms. The molecule has 0 aromatic heterocycles. The number of benzene rings is 1. The molecule has 0 radical (unpaired) electrons. The zero-order valence-corrected chi connectivity index (χ0v) is 16.1. The number of hydrogen-bond acceptors (Lipinski definition) is 2. The maximum absolute atomic E-state index is 10.7. The Balaban J connectivity index is 3.56. The first-order valence-corrected chi connectivity index (χ1v) is 8.04. The molecule has 1 aromatic rings. The highest BCUT2D eigenvalue weighted by atomic mass is 28.2. The fourth-order valence-electron chi connectivity index (χ4n) is 2.83. The standard InChI is InChI=1S/C17H26O3Si/c1-10(2)17(5,6)15-11(3)9-13(7-8-14(18)19)16(20-21)12(15)4/h7-10H,1-6,21H3,(H,18,19). The average Bonchev–Trinajstić information content (AvgIpc) is 2.35. The fraction of sp³-hybridized carbons (Fsp3) is 0.471. The van der Waals surface area contributed by atoms with Gasteiger partial charge in [-0.05, 0) is 54.0 Å². The Hall–Kier alpha value is -1.55. The zero-order chi connectivity index (χ0) is 16.4. The van der Waals surface area contributed by atoms with Gasteiger partial charge >= 0.3 is 5.97 Å². The highest BCUT2D eigenvalue weighted by Gasteiger charge is 2.29. The van der Waals surface area contributed by atoms with Crippen molar-refractivity contribution in [2.24, 2.45) is 5.92 Å². The van der Waals surface area contributed by atoms with Crippen molar-refractivity contribution in [2.45, 2.75) is 47.0 Å². The first-order chi connectivity index (χ1) is 9.62. The number of carboxylic acids is 1. The second-order valence-corrected chi connectivity index (χ2v) is 6.77. The SMILES string of the molecule is Cc1cc(C=CC(=O)O)c(O[SiH3])c(C)c1C(C)(C)C(C)C. The van der Waals surface area contributed by atoms with Gasteiger partial charge in [0, 0.05) is 11.6 Å². The summed E-state index contributed by atoms with van der Waals surface area (Å²) >= 11 is 0. The van der Waals surface area contributed by atoms with E-state index in [1.807, 2.05) is 6.07 Å². The van der Waals surface area contributed by atoms with Crippen molar-refractivity contribution < 1.29 is 14.3 Å². The summed E-state index contributed by atoms with van der Waals surface area (Å²) in [5, 5.41) is 8.81. The van der Waals surface area contributed by atoms with Crippen LogP contribution in [0.4, 0.5) is 0 Å². The molecule has 1 N–H and O–H groups in total. The third-order valence-corrected chi connectivity index (χ3v) is 4.85. The molecule has 0 aliphatic rings. The van der Waals surface area contributed by atoms with Crippen molar-refractivity contribution in [3.05, 3.63) is 34.4 Å². The molecule has 116 valence electrons. The first kappa shape index (κ1) is 17.5. The van der Waals surface area contributed by atoms with Crippen LogP contribution in [0.5, 0.6) is 5.75 Å². The second-order valence-electron chi connectivity index (χ2n) is 6.36. The van der Waals surface area contributed by atoms with Crippen molar-refractivity contribution in [1.29, 1.82) is 0 Å². The van der Waals surface area contributed by atoms with Crippen LogP contribution >= 0.6 is 0 Å². The van der Waals surface area contributed by atoms with Crippen molar-refractivity contribution in [1.82, 2.24) is 0 Å². The van der Waals surface area contributed by atoms with Gasteiger partial charge in [-0.3, -0.25) is 0 Å². The summed E-state index contributed by atoms with van der Waals surface area (Å²) < 4.78 is 5.67. The van der Waals surface area contributed by atoms with Crippen LogP contribution in [0, 0.1) is 19.8 Å². The highest BCUT2D eigenvalue weighted by Crippen LogP contribution is 2.40. The minimum atomic E-state index is -0.948. The lowest BCUT2D eigenvalue weighted by molar-refractivity contribution is -0.131. The Bertz CT molecular complexity index is 572. The van der Waals surface area contributed by atoms with Crippen LogP contribution < -0.4 is 4.43 Å². The lowest BCUT2D eigenvalue weighted by atomic mass is 9.71. The summed E-state index contributed by atoms with van der Waals surface area (Å²) in [6.07, 6.45) is 2.77. The van der Waals surface area contributed by atoms with Crippen LogP contribution in [0.2, 0.25) is 0 Å². The molecule has 0 aliphatic carbocycles. The van der Waals surface area contributed by atoms with Crippen LogP contribution in [-0.2, 0) is 10.2 Å². The van der Waals surface area contributed by atoms with E-state index in [1.165, 1.54) is 11.1 Å². The number of aliphatic carboxylic acids is 1. The summed E-state index contributed by atoms with van der Waals surface area (Å²) in [6.45, 7) is 13.1. The van der Waals surface area contributed by atoms with Gasteiger partial charge in [0.05, 0.1) is 0 Å². The zero-order valence-electron chi connectivity index (χ0n) is 14.1. The van der Waals surface area contributed by atoms with E-state index < -0.39 is 5.97 Å². The van der Waals surface area contributed by atoms with Gasteiger partial charge in [-0.2, -0.15) is 0 Å². The molecule has 1 aromatic carbocycles. The second kappa shape index (κ2) is 6.48. The number of rotatable bonds is 5. The number of carbonyl (C=O) groups is 1. The largest absolute Gasteiger partial charge is 0.553 e. The van der Waals surface area contributed by atoms with Gasteiger partial charge in [0.15, 0.2) is 0 Å². The van der Waals surface area contributed by atoms with E-state index in [9.17, 15) is 4.79 Å². The third kappa shape index (κ3) is 3.56. The van der Waals surface area contributed by atoms with E-state index in [0.29, 0.717) is 16.4 Å². The lowest BCUT2D eigenvalue weighted by Crippen LogP contribution is -2.27. The fourth-order valence-corrected chi connectivity index (χ4v) is 3.37. The molecule has 0 saturated heterocycles. The molecular formula is C17H26O3Si. The van der Waals surface area contributed by atoms with Gasteiger partial charge in [-0.1, -0.05) is 27.7 Å². The average molecular weight is 306 g/mol. The predicted molar refractivity (Wildman–Crippen MR) is 91.0 cm³/mol. The third-order valence-electron chi connectivity index (χ3n) is 4.44. The van der Waals surface area contributed by atoms with Crippen LogP contribution in [0.1, 0.15) is 49.9 Å². The van der Waals surface area contributed by atoms with E-state index in [1.54, 1.807) is 6.08 Å². The van der Waals surface area contributed by atoms with E-state index in [4.69, 9.17) is 9.53 Å². The molecule has 0 aliphatic heterocycles. The molecule has 1 rings (SSSR count). The summed E-state index contributed by atoms with van der Waals surface area (Å²) in [6, 6.07) is 2.03. The van der Waals surface area contributed by atoms with E-state index in [-0.39, 0.29) is 5.41 Å². The van der Waals surface area contributed by atoms with E-state index >= 15 is 0 Å². The first-order valence-electron chi connectivity index (χ1n) is 7.22. The highest BCUT2D eigenvalue weighted by molar-refractivity contribution is 6.00. The quantitative estimate of drug-likeness (QED) is 0.672. The van der Waals surface area contributed by atoms with Gasteiger partial charge in [0.25, 0.3) is 0 Å². The number of aryl methyl sites for hydroxylation is 1. The van der Waals surface area contributed by atoms with Crippen molar-refractivity contribution in [3.8, 4) is 5.75 Å². The molecule has 21 heavy (non-hydrogen) atoms. The Morgan fingerprint density at radius 1 is 1.38 bits per heavy atom. The lowest BCUT2D eigenvalue weighted by Gasteiger charge is -2.34. The van der Waals surface area contributed by atoms with Gasteiger partial charge in [0.2, 0.25) is 10.5 Å². The Morgan fingerprint density at radius 3 is 2.38 bits per heavy atom. The number of carboxylic acid groups (broad SMARTS) is 1. The molecule has 0 spiro atoms. The Labute approximate surface area is 130 Å². The van der Waals surface area contributed by atoms with Crippen molar-refractivity contribution in [3.63, 3.8) is 0 Å². The van der Waals surface area contributed by atoms with Crippen LogP contribution in [0.15, 0.2) is 12.1 Å². The molecular weight excluding hydrogens is 280 g/mol. The van der Waals surface area contributed by atoms with Gasteiger partial charge in [-0.25, -0.2) is 4.79 Å². The molecule has 0 heterocycles. The minimum absolute atomic E-state index is 0.0397. The molecule has 3 nitrogen and oxygen atoms in total. The molecule has 0 saturated carbocycles. The monoisotopic (exact) mass is 306 g/mol. The maximum atomic E-state index is 10.7. The van der Waals surface area contributed by atoms with Crippen LogP contribution in [0.25, 0.3) is 6.08 Å². The minimum Gasteiger partial charge on any atom is -0.553 e. The summed E-state index contributed by atoms with van der Waals surface area (Å²) in [5.41, 5.74) is 4.48. The summed E-state index contributed by atoms with van der Waals surface area (Å²) in [7, 11) is 0.575. The molecule has 0 bridgehead atoms. The predicted octanol–water partition coefficient (Wildman–Crippen LogP) is 2.99. The summed E-state index contributed by atoms with van der Waals surface area (Å²) in [4.78, 5) is 10.7. The van der Waals surface area contributed by atoms with Crippen molar-refractivity contribution in [2.75, 3.05) is 0 Å². The Morgan fingerprint density at radius 2 is 1.95 bits per heavy atom. The summed E-state index contributed by atoms with van der Waals surface area (Å²) in [5.74, 6) is 0.363. The van der Waals surface area contributed by atoms with Crippen molar-refractivity contribution >= 4 is 22.5 Å².